The largest absolute Gasteiger partial charge is 0.478 e. The minimum absolute atomic E-state index is 0.288. The molecule has 0 aliphatic carbocycles. The molecule has 2 heterocycles. The third-order valence-electron chi connectivity index (χ3n) is 2.85. The van der Waals surface area contributed by atoms with E-state index in [1.165, 1.54) is 0 Å². The molecular weight excluding hydrogens is 328 g/mol. The number of hydrogen-bond acceptors (Lipinski definition) is 5. The summed E-state index contributed by atoms with van der Waals surface area (Å²) in [6.45, 7) is 2.27. The van der Waals surface area contributed by atoms with Crippen LogP contribution in [-0.2, 0) is 9.59 Å². The molecule has 0 saturated carbocycles. The summed E-state index contributed by atoms with van der Waals surface area (Å²) in [6.07, 6.45) is 5.28. The van der Waals surface area contributed by atoms with Crippen molar-refractivity contribution in [3.63, 3.8) is 0 Å². The van der Waals surface area contributed by atoms with Crippen LogP contribution in [0.25, 0.3) is 0 Å². The molecule has 20 heavy (non-hydrogen) atoms. The number of anilines is 1. The van der Waals surface area contributed by atoms with Gasteiger partial charge in [-0.15, -0.1) is 0 Å². The van der Waals surface area contributed by atoms with Crippen molar-refractivity contribution in [1.82, 2.24) is 14.9 Å². The number of amides is 1. The van der Waals surface area contributed by atoms with Crippen LogP contribution in [0.1, 0.15) is 0 Å². The Morgan fingerprint density at radius 2 is 1.75 bits per heavy atom. The van der Waals surface area contributed by atoms with Crippen molar-refractivity contribution < 1.29 is 14.7 Å². The molecular formula is C12H13BrN4O3. The van der Waals surface area contributed by atoms with Gasteiger partial charge in [0.05, 0.1) is 4.47 Å². The maximum atomic E-state index is 11.7. The summed E-state index contributed by atoms with van der Waals surface area (Å²) in [6, 6.07) is 0. The third-order valence-corrected chi connectivity index (χ3v) is 3.26. The second-order valence-electron chi connectivity index (χ2n) is 4.19. The van der Waals surface area contributed by atoms with Crippen LogP contribution < -0.4 is 4.90 Å². The number of nitrogens with zero attached hydrogens (tertiary/aromatic N) is 4. The van der Waals surface area contributed by atoms with Crippen molar-refractivity contribution in [3.05, 3.63) is 29.0 Å². The van der Waals surface area contributed by atoms with E-state index in [1.807, 2.05) is 4.90 Å². The molecule has 1 aliphatic rings. The van der Waals surface area contributed by atoms with Crippen LogP contribution in [0.2, 0.25) is 0 Å². The summed E-state index contributed by atoms with van der Waals surface area (Å²) in [5.41, 5.74) is 0. The van der Waals surface area contributed by atoms with Crippen molar-refractivity contribution in [2.45, 2.75) is 0 Å². The van der Waals surface area contributed by atoms with E-state index in [0.717, 1.165) is 16.6 Å². The van der Waals surface area contributed by atoms with Crippen molar-refractivity contribution >= 4 is 33.8 Å². The van der Waals surface area contributed by atoms with Gasteiger partial charge in [-0.05, 0) is 15.9 Å². The standard InChI is InChI=1S/C12H13BrN4O3/c13-9-7-14-12(15-8-9)17-5-3-16(4-6-17)10(18)1-2-11(19)20/h1-2,7-8H,3-6H2,(H,19,20)/b2-1+. The van der Waals surface area contributed by atoms with Gasteiger partial charge in [-0.2, -0.15) is 0 Å². The van der Waals surface area contributed by atoms with Crippen LogP contribution in [0.4, 0.5) is 5.95 Å². The van der Waals surface area contributed by atoms with Crippen LogP contribution in [0.3, 0.4) is 0 Å². The molecule has 1 amide bonds. The maximum absolute atomic E-state index is 11.7. The van der Waals surface area contributed by atoms with E-state index in [4.69, 9.17) is 5.11 Å². The monoisotopic (exact) mass is 340 g/mol. The Bertz CT molecular complexity index is 524. The molecule has 2 rings (SSSR count). The van der Waals surface area contributed by atoms with Crippen LogP contribution in [-0.4, -0.2) is 58.0 Å². The number of rotatable bonds is 3. The molecule has 1 aromatic heterocycles. The van der Waals surface area contributed by atoms with Crippen molar-refractivity contribution in [1.29, 1.82) is 0 Å². The Morgan fingerprint density at radius 1 is 1.15 bits per heavy atom. The van der Waals surface area contributed by atoms with E-state index < -0.39 is 5.97 Å². The molecule has 0 unspecified atom stereocenters. The summed E-state index contributed by atoms with van der Waals surface area (Å²) in [5.74, 6) is -0.787. The lowest BCUT2D eigenvalue weighted by Gasteiger charge is -2.34. The normalized spacial score (nSPS) is 15.7. The number of carbonyl (C=O) groups excluding carboxylic acids is 1. The van der Waals surface area contributed by atoms with E-state index in [0.29, 0.717) is 32.1 Å². The first kappa shape index (κ1) is 14.4. The van der Waals surface area contributed by atoms with Crippen molar-refractivity contribution in [3.8, 4) is 0 Å². The van der Waals surface area contributed by atoms with Gasteiger partial charge in [0.2, 0.25) is 11.9 Å². The second kappa shape index (κ2) is 6.47. The van der Waals surface area contributed by atoms with Crippen LogP contribution in [0.5, 0.6) is 0 Å². The molecule has 8 heteroatoms. The number of aliphatic carboxylic acids is 1. The first-order chi connectivity index (χ1) is 9.56. The van der Waals surface area contributed by atoms with Crippen molar-refractivity contribution in [2.24, 2.45) is 0 Å². The van der Waals surface area contributed by atoms with E-state index in [9.17, 15) is 9.59 Å². The molecule has 1 aliphatic heterocycles. The predicted molar refractivity (Wildman–Crippen MR) is 75.3 cm³/mol. The van der Waals surface area contributed by atoms with E-state index in [1.54, 1.807) is 17.3 Å². The summed E-state index contributed by atoms with van der Waals surface area (Å²) in [4.78, 5) is 34.1. The van der Waals surface area contributed by atoms with Gasteiger partial charge in [0.25, 0.3) is 0 Å². The number of halogens is 1. The summed E-state index contributed by atoms with van der Waals surface area (Å²) in [5, 5.41) is 8.49. The zero-order valence-corrected chi connectivity index (χ0v) is 12.2. The summed E-state index contributed by atoms with van der Waals surface area (Å²) < 4.78 is 0.814. The molecule has 106 valence electrons. The number of piperazine rings is 1. The van der Waals surface area contributed by atoms with Gasteiger partial charge in [0.15, 0.2) is 0 Å². The highest BCUT2D eigenvalue weighted by molar-refractivity contribution is 9.10. The van der Waals surface area contributed by atoms with Gasteiger partial charge >= 0.3 is 5.97 Å². The SMILES string of the molecule is O=C(O)/C=C/C(=O)N1CCN(c2ncc(Br)cn2)CC1. The number of carbonyl (C=O) groups is 2. The number of carboxylic acid groups (broad SMARTS) is 1. The van der Waals surface area contributed by atoms with Crippen LogP contribution >= 0.6 is 15.9 Å². The number of hydrogen-bond donors (Lipinski definition) is 1. The molecule has 7 nitrogen and oxygen atoms in total. The zero-order chi connectivity index (χ0) is 14.5. The van der Waals surface area contributed by atoms with Crippen LogP contribution in [0.15, 0.2) is 29.0 Å². The Balaban J connectivity index is 1.90. The average Bonchev–Trinajstić information content (AvgIpc) is 2.46. The Kier molecular flexibility index (Phi) is 4.67. The lowest BCUT2D eigenvalue weighted by Crippen LogP contribution is -2.48. The first-order valence-corrected chi connectivity index (χ1v) is 6.78. The fourth-order valence-electron chi connectivity index (χ4n) is 1.84. The molecule has 0 aromatic carbocycles. The smallest absolute Gasteiger partial charge is 0.328 e. The molecule has 1 saturated heterocycles. The molecule has 0 radical (unpaired) electrons. The van der Waals surface area contributed by atoms with Gasteiger partial charge in [0.1, 0.15) is 0 Å². The molecule has 0 atom stereocenters. The summed E-state index contributed by atoms with van der Waals surface area (Å²) >= 11 is 3.28. The highest BCUT2D eigenvalue weighted by Gasteiger charge is 2.21. The highest BCUT2D eigenvalue weighted by atomic mass is 79.9. The first-order valence-electron chi connectivity index (χ1n) is 5.98. The predicted octanol–water partition coefficient (Wildman–Crippen LogP) is 0.528. The molecule has 1 N–H and O–H groups in total. The fourth-order valence-corrected chi connectivity index (χ4v) is 2.05. The lowest BCUT2D eigenvalue weighted by molar-refractivity contribution is -0.132. The Labute approximate surface area is 124 Å². The third kappa shape index (κ3) is 3.77. The number of aromatic nitrogens is 2. The van der Waals surface area contributed by atoms with Gasteiger partial charge in [-0.1, -0.05) is 0 Å². The second-order valence-corrected chi connectivity index (χ2v) is 5.10. The van der Waals surface area contributed by atoms with Gasteiger partial charge in [0, 0.05) is 50.7 Å². The minimum atomic E-state index is -1.12. The van der Waals surface area contributed by atoms with Gasteiger partial charge in [-0.3, -0.25) is 4.79 Å². The van der Waals surface area contributed by atoms with Crippen molar-refractivity contribution in [2.75, 3.05) is 31.1 Å². The lowest BCUT2D eigenvalue weighted by atomic mass is 10.3. The van der Waals surface area contributed by atoms with E-state index >= 15 is 0 Å². The highest BCUT2D eigenvalue weighted by Crippen LogP contribution is 2.13. The molecule has 1 aromatic rings. The van der Waals surface area contributed by atoms with E-state index in [2.05, 4.69) is 25.9 Å². The van der Waals surface area contributed by atoms with Crippen LogP contribution in [0, 0.1) is 0 Å². The van der Waals surface area contributed by atoms with Gasteiger partial charge in [-0.25, -0.2) is 14.8 Å². The Morgan fingerprint density at radius 3 is 2.30 bits per heavy atom. The topological polar surface area (TPSA) is 86.6 Å². The quantitative estimate of drug-likeness (QED) is 0.807. The Hall–Kier alpha value is -1.96. The molecule has 0 bridgehead atoms. The summed E-state index contributed by atoms with van der Waals surface area (Å²) in [7, 11) is 0. The molecule has 0 spiro atoms. The van der Waals surface area contributed by atoms with E-state index in [-0.39, 0.29) is 5.91 Å². The zero-order valence-electron chi connectivity index (χ0n) is 10.6. The average molecular weight is 341 g/mol. The minimum Gasteiger partial charge on any atom is -0.478 e. The maximum Gasteiger partial charge on any atom is 0.328 e. The fraction of sp³-hybridized carbons (Fsp3) is 0.333. The molecule has 1 fully saturated rings. The van der Waals surface area contributed by atoms with Gasteiger partial charge < -0.3 is 14.9 Å². The number of carboxylic acids is 1.